The molecule has 2 N–H and O–H groups in total. The summed E-state index contributed by atoms with van der Waals surface area (Å²) in [5.74, 6) is -0.360. The summed E-state index contributed by atoms with van der Waals surface area (Å²) in [5, 5.41) is 5.31. The fourth-order valence-electron chi connectivity index (χ4n) is 4.51. The van der Waals surface area contributed by atoms with E-state index in [0.29, 0.717) is 35.7 Å². The van der Waals surface area contributed by atoms with Gasteiger partial charge in [-0.2, -0.15) is 0 Å². The van der Waals surface area contributed by atoms with Crippen LogP contribution >= 0.6 is 0 Å². The molecular weight excluding hydrogens is 441 g/mol. The number of carbonyl (C=O) groups is 3. The fourth-order valence-corrected chi connectivity index (χ4v) is 4.51. The van der Waals surface area contributed by atoms with Crippen LogP contribution in [0.4, 0.5) is 26.2 Å². The Balaban J connectivity index is 1.29. The molecule has 10 heteroatoms. The molecule has 178 valence electrons. The molecule has 2 aromatic carbocycles. The van der Waals surface area contributed by atoms with Crippen molar-refractivity contribution in [3.05, 3.63) is 47.8 Å². The molecule has 0 spiro atoms. The zero-order chi connectivity index (χ0) is 23.8. The molecule has 0 aromatic heterocycles. The van der Waals surface area contributed by atoms with Crippen molar-refractivity contribution in [2.45, 2.75) is 18.9 Å². The van der Waals surface area contributed by atoms with Gasteiger partial charge in [-0.3, -0.25) is 9.59 Å². The van der Waals surface area contributed by atoms with Crippen LogP contribution in [-0.2, 0) is 16.0 Å². The molecule has 0 saturated carbocycles. The number of rotatable bonds is 4. The van der Waals surface area contributed by atoms with Crippen molar-refractivity contribution < 1.29 is 23.5 Å². The molecule has 0 aliphatic carbocycles. The van der Waals surface area contributed by atoms with E-state index in [2.05, 4.69) is 27.5 Å². The van der Waals surface area contributed by atoms with Gasteiger partial charge >= 0.3 is 6.03 Å². The van der Waals surface area contributed by atoms with E-state index in [4.69, 9.17) is 4.74 Å². The predicted octanol–water partition coefficient (Wildman–Crippen LogP) is 1.97. The number of amides is 4. The lowest BCUT2D eigenvalue weighted by Crippen LogP contribution is -2.45. The summed E-state index contributed by atoms with van der Waals surface area (Å²) in [6.45, 7) is 3.23. The minimum absolute atomic E-state index is 0.0299. The summed E-state index contributed by atoms with van der Waals surface area (Å²) in [4.78, 5) is 42.0. The molecule has 0 bridgehead atoms. The van der Waals surface area contributed by atoms with Crippen molar-refractivity contribution in [3.63, 3.8) is 0 Å². The van der Waals surface area contributed by atoms with Gasteiger partial charge in [-0.1, -0.05) is 0 Å². The van der Waals surface area contributed by atoms with Gasteiger partial charge in [-0.25, -0.2) is 14.1 Å². The van der Waals surface area contributed by atoms with E-state index in [1.165, 1.54) is 12.1 Å². The molecule has 2 saturated heterocycles. The fraction of sp³-hybridized carbons (Fsp3) is 0.375. The summed E-state index contributed by atoms with van der Waals surface area (Å²) in [6, 6.07) is 8.97. The summed E-state index contributed by atoms with van der Waals surface area (Å²) >= 11 is 0. The van der Waals surface area contributed by atoms with E-state index in [-0.39, 0.29) is 24.2 Å². The third-order valence-corrected chi connectivity index (χ3v) is 6.42. The van der Waals surface area contributed by atoms with E-state index in [0.717, 1.165) is 36.6 Å². The second-order valence-electron chi connectivity index (χ2n) is 8.77. The number of anilines is 3. The third-order valence-electron chi connectivity index (χ3n) is 6.42. The normalized spacial score (nSPS) is 20.6. The van der Waals surface area contributed by atoms with E-state index >= 15 is 0 Å². The van der Waals surface area contributed by atoms with Crippen LogP contribution < -0.4 is 25.2 Å². The summed E-state index contributed by atoms with van der Waals surface area (Å²) < 4.78 is 20.4. The van der Waals surface area contributed by atoms with Crippen molar-refractivity contribution >= 4 is 34.9 Å². The van der Waals surface area contributed by atoms with Crippen molar-refractivity contribution in [3.8, 4) is 5.75 Å². The third kappa shape index (κ3) is 4.28. The maximum Gasteiger partial charge on any atom is 0.329 e. The lowest BCUT2D eigenvalue weighted by molar-refractivity contribution is -0.123. The Labute approximate surface area is 196 Å². The molecule has 4 amide bonds. The smallest absolute Gasteiger partial charge is 0.329 e. The first kappa shape index (κ1) is 22.1. The van der Waals surface area contributed by atoms with Crippen molar-refractivity contribution in [2.75, 3.05) is 54.9 Å². The Kier molecular flexibility index (Phi) is 5.82. The molecule has 2 aromatic rings. The average Bonchev–Trinajstić information content (AvgIpc) is 3.17. The average molecular weight is 468 g/mol. The second kappa shape index (κ2) is 8.94. The monoisotopic (exact) mass is 467 g/mol. The largest absolute Gasteiger partial charge is 0.478 e. The minimum atomic E-state index is -0.713. The maximum atomic E-state index is 14.3. The highest BCUT2D eigenvalue weighted by Gasteiger charge is 2.32. The highest BCUT2D eigenvalue weighted by Crippen LogP contribution is 2.39. The van der Waals surface area contributed by atoms with Crippen LogP contribution in [0.1, 0.15) is 12.0 Å². The number of fused-ring (bicyclic) bond motifs is 1. The van der Waals surface area contributed by atoms with Gasteiger partial charge in [0.05, 0.1) is 17.9 Å². The number of nitrogens with zero attached hydrogens (tertiary/aromatic N) is 3. The van der Waals surface area contributed by atoms with Crippen LogP contribution in [0, 0.1) is 5.82 Å². The van der Waals surface area contributed by atoms with Crippen LogP contribution in [0.2, 0.25) is 0 Å². The molecule has 1 atom stereocenters. The Morgan fingerprint density at radius 1 is 1.12 bits per heavy atom. The number of hydrogen-bond donors (Lipinski definition) is 2. The number of likely N-dealkylation sites (N-methyl/N-ethyl adjacent to an activating group) is 1. The van der Waals surface area contributed by atoms with E-state index in [1.54, 1.807) is 24.3 Å². The van der Waals surface area contributed by atoms with Gasteiger partial charge in [0.25, 0.3) is 11.8 Å². The number of urea groups is 1. The maximum absolute atomic E-state index is 14.3. The first-order valence-corrected chi connectivity index (χ1v) is 11.3. The Morgan fingerprint density at radius 2 is 1.85 bits per heavy atom. The Bertz CT molecular complexity index is 1110. The summed E-state index contributed by atoms with van der Waals surface area (Å²) in [5.41, 5.74) is 2.42. The van der Waals surface area contributed by atoms with Crippen LogP contribution in [0.15, 0.2) is 36.4 Å². The Hall–Kier alpha value is -3.66. The SMILES string of the molecule is CN1CCN(c2cc(F)cc3c2OC(C(=O)Nc2ccc(N4C(=O)CNC4=O)cc2)CC3)CC1. The van der Waals surface area contributed by atoms with Gasteiger partial charge < -0.3 is 25.2 Å². The zero-order valence-corrected chi connectivity index (χ0v) is 18.8. The van der Waals surface area contributed by atoms with Crippen LogP contribution in [-0.4, -0.2) is 68.6 Å². The van der Waals surface area contributed by atoms with Gasteiger partial charge in [0.15, 0.2) is 6.10 Å². The summed E-state index contributed by atoms with van der Waals surface area (Å²) in [7, 11) is 2.06. The van der Waals surface area contributed by atoms with Gasteiger partial charge in [0, 0.05) is 37.9 Å². The first-order valence-electron chi connectivity index (χ1n) is 11.3. The van der Waals surface area contributed by atoms with Crippen LogP contribution in [0.5, 0.6) is 5.75 Å². The number of aryl methyl sites for hydroxylation is 1. The molecule has 3 heterocycles. The number of piperazine rings is 1. The van der Waals surface area contributed by atoms with Gasteiger partial charge in [0.2, 0.25) is 0 Å². The number of nitrogens with one attached hydrogen (secondary N) is 2. The molecule has 9 nitrogen and oxygen atoms in total. The van der Waals surface area contributed by atoms with Crippen molar-refractivity contribution in [2.24, 2.45) is 0 Å². The molecule has 3 aliphatic heterocycles. The predicted molar refractivity (Wildman–Crippen MR) is 125 cm³/mol. The molecule has 2 fully saturated rings. The van der Waals surface area contributed by atoms with Gasteiger partial charge in [-0.15, -0.1) is 0 Å². The zero-order valence-electron chi connectivity index (χ0n) is 18.8. The number of benzene rings is 2. The topological polar surface area (TPSA) is 94.2 Å². The van der Waals surface area contributed by atoms with Crippen molar-refractivity contribution in [1.82, 2.24) is 10.2 Å². The number of carbonyl (C=O) groups excluding carboxylic acids is 3. The highest BCUT2D eigenvalue weighted by atomic mass is 19.1. The first-order chi connectivity index (χ1) is 16.4. The van der Waals surface area contributed by atoms with Crippen molar-refractivity contribution in [1.29, 1.82) is 0 Å². The second-order valence-corrected chi connectivity index (χ2v) is 8.77. The summed E-state index contributed by atoms with van der Waals surface area (Å²) in [6.07, 6.45) is 0.261. The standard InChI is InChI=1S/C24H26FN5O4/c1-28-8-10-29(11-9-28)19-13-16(25)12-15-2-7-20(34-22(15)19)23(32)27-17-3-5-18(6-4-17)30-21(31)14-26-24(30)33/h3-6,12-13,20H,2,7-11,14H2,1H3,(H,26,33)(H,27,32). The van der Waals surface area contributed by atoms with E-state index in [1.807, 2.05) is 0 Å². The lowest BCUT2D eigenvalue weighted by Gasteiger charge is -2.37. The number of imide groups is 1. The molecule has 1 unspecified atom stereocenters. The van der Waals surface area contributed by atoms with Gasteiger partial charge in [-0.05, 0) is 55.8 Å². The molecule has 3 aliphatic rings. The Morgan fingerprint density at radius 3 is 2.53 bits per heavy atom. The molecule has 34 heavy (non-hydrogen) atoms. The highest BCUT2D eigenvalue weighted by molar-refractivity contribution is 6.19. The number of hydrogen-bond acceptors (Lipinski definition) is 6. The number of halogens is 1. The van der Waals surface area contributed by atoms with E-state index in [9.17, 15) is 18.8 Å². The number of ether oxygens (including phenoxy) is 1. The van der Waals surface area contributed by atoms with Crippen LogP contribution in [0.3, 0.4) is 0 Å². The molecule has 5 rings (SSSR count). The molecule has 0 radical (unpaired) electrons. The van der Waals surface area contributed by atoms with E-state index < -0.39 is 12.1 Å². The lowest BCUT2D eigenvalue weighted by atomic mass is 9.99. The minimum Gasteiger partial charge on any atom is -0.478 e. The molecular formula is C24H26FN5O4. The van der Waals surface area contributed by atoms with Gasteiger partial charge in [0.1, 0.15) is 11.6 Å². The van der Waals surface area contributed by atoms with Crippen LogP contribution in [0.25, 0.3) is 0 Å². The quantitative estimate of drug-likeness (QED) is 0.668.